The fraction of sp³-hybridized carbons (Fsp3) is 0.458. The topological polar surface area (TPSA) is 153 Å². The molecule has 1 unspecified atom stereocenters. The van der Waals surface area contributed by atoms with E-state index >= 15 is 0 Å². The van der Waals surface area contributed by atoms with Crippen LogP contribution in [-0.2, 0) is 20.7 Å². The van der Waals surface area contributed by atoms with Crippen molar-refractivity contribution < 1.29 is 24.5 Å². The molecule has 1 aromatic carbocycles. The highest BCUT2D eigenvalue weighted by molar-refractivity contribution is 5.99. The summed E-state index contributed by atoms with van der Waals surface area (Å²) in [5.74, 6) is -1.44. The van der Waals surface area contributed by atoms with Gasteiger partial charge in [0.15, 0.2) is 34.9 Å². The first kappa shape index (κ1) is 22.6. The highest BCUT2D eigenvalue weighted by Gasteiger charge is 2.72. The Balaban J connectivity index is 1.62. The van der Waals surface area contributed by atoms with Gasteiger partial charge in [-0.1, -0.05) is 24.3 Å². The number of benzene rings is 1. The van der Waals surface area contributed by atoms with Crippen LogP contribution in [-0.4, -0.2) is 58.6 Å². The summed E-state index contributed by atoms with van der Waals surface area (Å²) in [5, 5.41) is 23.5. The Hall–Kier alpha value is -3.21. The Kier molecular flexibility index (Phi) is 5.27. The number of rotatable bonds is 5. The van der Waals surface area contributed by atoms with Gasteiger partial charge in [0, 0.05) is 0 Å². The van der Waals surface area contributed by atoms with Crippen molar-refractivity contribution in [2.75, 3.05) is 5.73 Å². The van der Waals surface area contributed by atoms with Gasteiger partial charge in [-0.15, -0.1) is 0 Å². The third kappa shape index (κ3) is 3.02. The number of hydrogen-bond acceptors (Lipinski definition) is 9. The minimum atomic E-state index is -2.56. The summed E-state index contributed by atoms with van der Waals surface area (Å²) in [6.07, 6.45) is 2.96. The summed E-state index contributed by atoms with van der Waals surface area (Å²) < 4.78 is 7.54. The number of carbonyl (C=O) groups is 2. The van der Waals surface area contributed by atoms with E-state index in [1.807, 2.05) is 18.2 Å². The number of anilines is 1. The number of aliphatic hydroxyl groups is 2. The van der Waals surface area contributed by atoms with Crippen LogP contribution in [0.3, 0.4) is 0 Å². The second-order valence-electron chi connectivity index (χ2n) is 9.23. The van der Waals surface area contributed by atoms with Gasteiger partial charge in [0.1, 0.15) is 17.9 Å². The van der Waals surface area contributed by atoms with E-state index in [0.717, 1.165) is 38.7 Å². The van der Waals surface area contributed by atoms with Crippen LogP contribution in [0.5, 0.6) is 0 Å². The van der Waals surface area contributed by atoms with E-state index in [-0.39, 0.29) is 29.3 Å². The van der Waals surface area contributed by atoms with Crippen molar-refractivity contribution in [2.45, 2.75) is 69.0 Å². The maximum Gasteiger partial charge on any atom is 0.206 e. The molecule has 1 aliphatic carbocycles. The van der Waals surface area contributed by atoms with Gasteiger partial charge in [-0.3, -0.25) is 14.2 Å². The van der Waals surface area contributed by atoms with Crippen molar-refractivity contribution in [3.05, 3.63) is 48.0 Å². The van der Waals surface area contributed by atoms with E-state index in [9.17, 15) is 19.8 Å². The summed E-state index contributed by atoms with van der Waals surface area (Å²) in [4.78, 5) is 38.1. The summed E-state index contributed by atoms with van der Waals surface area (Å²) in [6, 6.07) is 8.06. The van der Waals surface area contributed by atoms with Crippen molar-refractivity contribution in [2.24, 2.45) is 0 Å². The first-order chi connectivity index (χ1) is 16.2. The molecule has 10 heteroatoms. The van der Waals surface area contributed by atoms with E-state index in [2.05, 4.69) is 21.0 Å². The molecule has 1 saturated heterocycles. The molecule has 3 heterocycles. The number of hydrogen-bond donors (Lipinski definition) is 3. The number of carbonyl (C=O) groups excluding carboxylic acids is 2. The second-order valence-corrected chi connectivity index (χ2v) is 9.23. The fourth-order valence-electron chi connectivity index (χ4n) is 5.62. The molecule has 5 rings (SSSR count). The lowest BCUT2D eigenvalue weighted by Gasteiger charge is -2.38. The van der Waals surface area contributed by atoms with Gasteiger partial charge in [-0.05, 0) is 56.6 Å². The molecule has 2 aromatic heterocycles. The Morgan fingerprint density at radius 1 is 1.15 bits per heavy atom. The number of Topliss-reactive ketones (excluding diaryl/α,β-unsaturated/α-hetero) is 2. The summed E-state index contributed by atoms with van der Waals surface area (Å²) in [6.45, 7) is 2.29. The normalized spacial score (nSPS) is 30.9. The largest absolute Gasteiger partial charge is 0.382 e. The van der Waals surface area contributed by atoms with E-state index < -0.39 is 35.1 Å². The molecule has 0 amide bonds. The maximum atomic E-state index is 12.9. The molecule has 2 aliphatic rings. The highest BCUT2D eigenvalue weighted by Crippen LogP contribution is 2.51. The first-order valence-electron chi connectivity index (χ1n) is 11.3. The number of ketones is 2. The lowest BCUT2D eigenvalue weighted by molar-refractivity contribution is -0.181. The molecule has 1 fully saturated rings. The number of aryl methyl sites for hydroxylation is 1. The number of imidazole rings is 1. The van der Waals surface area contributed by atoms with Crippen molar-refractivity contribution in [3.63, 3.8) is 0 Å². The van der Waals surface area contributed by atoms with Gasteiger partial charge in [0.2, 0.25) is 5.60 Å². The van der Waals surface area contributed by atoms with Crippen LogP contribution < -0.4 is 5.73 Å². The van der Waals surface area contributed by atoms with Gasteiger partial charge in [-0.25, -0.2) is 15.0 Å². The van der Waals surface area contributed by atoms with Crippen LogP contribution in [0.25, 0.3) is 11.2 Å². The lowest BCUT2D eigenvalue weighted by atomic mass is 9.71. The van der Waals surface area contributed by atoms with Gasteiger partial charge < -0.3 is 20.7 Å². The Labute approximate surface area is 195 Å². The third-order valence-electron chi connectivity index (χ3n) is 7.40. The van der Waals surface area contributed by atoms with Gasteiger partial charge >= 0.3 is 0 Å². The fourth-order valence-corrected chi connectivity index (χ4v) is 5.62. The van der Waals surface area contributed by atoms with Crippen molar-refractivity contribution >= 4 is 28.5 Å². The van der Waals surface area contributed by atoms with E-state index in [4.69, 9.17) is 10.5 Å². The molecule has 4 N–H and O–H groups in total. The van der Waals surface area contributed by atoms with Crippen molar-refractivity contribution in [3.8, 4) is 0 Å². The van der Waals surface area contributed by atoms with Crippen LogP contribution >= 0.6 is 0 Å². The molecule has 10 nitrogen and oxygen atoms in total. The lowest BCUT2D eigenvalue weighted by Crippen LogP contribution is -2.65. The number of fused-ring (bicyclic) bond motifs is 2. The van der Waals surface area contributed by atoms with Crippen molar-refractivity contribution in [1.82, 2.24) is 19.5 Å². The maximum absolute atomic E-state index is 12.9. The van der Waals surface area contributed by atoms with E-state index in [1.54, 1.807) is 0 Å². The standard InChI is InChI=1S/C24H27N5O5/c1-13(30)23(32)18(10-16-8-5-7-15-6-3-4-9-17(15)16)34-22(24(23,33)14(2)31)29-12-28-19-20(25)26-11-27-21(19)29/h3-4,6,9,11-12,16,18,22,32-33H,5,7-8,10H2,1-2H3,(H2,25,26,27)/t16?,18-,22-,23-,24+/m1/s1. The minimum absolute atomic E-state index is 0.00622. The molecule has 0 radical (unpaired) electrons. The predicted octanol–water partition coefficient (Wildman–Crippen LogP) is 1.46. The molecule has 0 saturated carbocycles. The zero-order valence-corrected chi connectivity index (χ0v) is 19.0. The average molecular weight is 466 g/mol. The average Bonchev–Trinajstić information content (AvgIpc) is 3.34. The molecule has 5 atom stereocenters. The zero-order valence-electron chi connectivity index (χ0n) is 19.0. The smallest absolute Gasteiger partial charge is 0.206 e. The molecule has 178 valence electrons. The first-order valence-corrected chi connectivity index (χ1v) is 11.3. The zero-order chi connectivity index (χ0) is 24.3. The number of nitrogen functional groups attached to an aromatic ring is 1. The molecule has 1 aliphatic heterocycles. The van der Waals surface area contributed by atoms with Gasteiger partial charge in [0.05, 0.1) is 6.33 Å². The Morgan fingerprint density at radius 3 is 2.62 bits per heavy atom. The Bertz CT molecular complexity index is 1290. The van der Waals surface area contributed by atoms with Gasteiger partial charge in [0.25, 0.3) is 0 Å². The van der Waals surface area contributed by atoms with Crippen LogP contribution in [0, 0.1) is 0 Å². The minimum Gasteiger partial charge on any atom is -0.382 e. The Morgan fingerprint density at radius 2 is 1.88 bits per heavy atom. The van der Waals surface area contributed by atoms with Crippen molar-refractivity contribution in [1.29, 1.82) is 0 Å². The molecule has 34 heavy (non-hydrogen) atoms. The van der Waals surface area contributed by atoms with Crippen LogP contribution in [0.4, 0.5) is 5.82 Å². The quantitative estimate of drug-likeness (QED) is 0.508. The summed E-state index contributed by atoms with van der Waals surface area (Å²) in [5.41, 5.74) is 3.68. The molecule has 3 aromatic rings. The van der Waals surface area contributed by atoms with Crippen LogP contribution in [0.1, 0.15) is 56.4 Å². The monoisotopic (exact) mass is 465 g/mol. The van der Waals surface area contributed by atoms with Gasteiger partial charge in [-0.2, -0.15) is 0 Å². The SMILES string of the molecule is CC(=O)[C@@]1(O)[C@@H](CC2CCCc3ccccc32)O[C@@H](n2cnc3c(N)ncnc32)[C@@]1(O)C(C)=O. The van der Waals surface area contributed by atoms with E-state index in [0.29, 0.717) is 0 Å². The number of aromatic nitrogens is 4. The van der Waals surface area contributed by atoms with Crippen LogP contribution in [0.2, 0.25) is 0 Å². The molecule has 0 bridgehead atoms. The van der Waals surface area contributed by atoms with E-state index in [1.165, 1.54) is 22.8 Å². The molecular formula is C24H27N5O5. The summed E-state index contributed by atoms with van der Waals surface area (Å²) >= 11 is 0. The molecule has 0 spiro atoms. The summed E-state index contributed by atoms with van der Waals surface area (Å²) in [7, 11) is 0. The number of ether oxygens (including phenoxy) is 1. The third-order valence-corrected chi connectivity index (χ3v) is 7.40. The second kappa shape index (κ2) is 7.93. The van der Waals surface area contributed by atoms with Crippen LogP contribution in [0.15, 0.2) is 36.9 Å². The number of nitrogens with zero attached hydrogens (tertiary/aromatic N) is 4. The number of nitrogens with two attached hydrogens (primary N) is 1. The molecular weight excluding hydrogens is 438 g/mol. The predicted molar refractivity (Wildman–Crippen MR) is 122 cm³/mol. The highest BCUT2D eigenvalue weighted by atomic mass is 16.6.